The largest absolute Gasteiger partial charge is 0.377 e. The lowest BCUT2D eigenvalue weighted by Gasteiger charge is -2.21. The lowest BCUT2D eigenvalue weighted by Crippen LogP contribution is -2.31. The Morgan fingerprint density at radius 2 is 2.31 bits per heavy atom. The molecular formula is C10H21NOS. The summed E-state index contributed by atoms with van der Waals surface area (Å²) >= 11 is 4.21. The van der Waals surface area contributed by atoms with E-state index in [0.29, 0.717) is 6.10 Å². The van der Waals surface area contributed by atoms with E-state index >= 15 is 0 Å². The number of unbranched alkanes of at least 4 members (excludes halogenated alkanes) is 1. The number of hydrogen-bond acceptors (Lipinski definition) is 3. The molecule has 0 spiro atoms. The first-order valence-electron chi connectivity index (χ1n) is 5.27. The minimum absolute atomic E-state index is 0.415. The first kappa shape index (κ1) is 11.3. The van der Waals surface area contributed by atoms with Gasteiger partial charge in [-0.05, 0) is 38.5 Å². The summed E-state index contributed by atoms with van der Waals surface area (Å²) in [5.41, 5.74) is 0. The smallest absolute Gasteiger partial charge is 0.0673 e. The van der Waals surface area contributed by atoms with Crippen molar-refractivity contribution in [2.24, 2.45) is 0 Å². The van der Waals surface area contributed by atoms with Gasteiger partial charge in [0.05, 0.1) is 6.10 Å². The van der Waals surface area contributed by atoms with Crippen LogP contribution < -0.4 is 0 Å². The fraction of sp³-hybridized carbons (Fsp3) is 1.00. The molecule has 1 aliphatic heterocycles. The lowest BCUT2D eigenvalue weighted by molar-refractivity contribution is 0.0676. The van der Waals surface area contributed by atoms with E-state index < -0.39 is 0 Å². The fourth-order valence-corrected chi connectivity index (χ4v) is 1.95. The van der Waals surface area contributed by atoms with Crippen LogP contribution in [0.4, 0.5) is 0 Å². The highest BCUT2D eigenvalue weighted by Gasteiger charge is 2.13. The van der Waals surface area contributed by atoms with E-state index in [1.807, 2.05) is 0 Å². The van der Waals surface area contributed by atoms with Crippen molar-refractivity contribution in [3.05, 3.63) is 0 Å². The van der Waals surface area contributed by atoms with Gasteiger partial charge in [-0.25, -0.2) is 0 Å². The molecule has 0 N–H and O–H groups in total. The van der Waals surface area contributed by atoms with Crippen molar-refractivity contribution < 1.29 is 4.74 Å². The molecule has 1 atom stereocenters. The summed E-state index contributed by atoms with van der Waals surface area (Å²) in [6.45, 7) is 6.62. The Morgan fingerprint density at radius 3 is 3.08 bits per heavy atom. The second kappa shape index (κ2) is 6.68. The molecule has 1 rings (SSSR count). The molecule has 78 valence electrons. The van der Waals surface area contributed by atoms with Gasteiger partial charge in [0, 0.05) is 19.7 Å². The van der Waals surface area contributed by atoms with Crippen molar-refractivity contribution in [3.8, 4) is 0 Å². The second-order valence-corrected chi connectivity index (χ2v) is 4.21. The van der Waals surface area contributed by atoms with Gasteiger partial charge in [-0.2, -0.15) is 12.6 Å². The van der Waals surface area contributed by atoms with Gasteiger partial charge >= 0.3 is 0 Å². The summed E-state index contributed by atoms with van der Waals surface area (Å²) in [5.74, 6) is 1.01. The highest BCUT2D eigenvalue weighted by Crippen LogP contribution is 2.06. The van der Waals surface area contributed by atoms with Crippen LogP contribution in [0, 0.1) is 0 Å². The molecule has 0 aromatic heterocycles. The molecule has 0 aromatic rings. The normalized spacial score (nSPS) is 25.8. The van der Waals surface area contributed by atoms with E-state index in [0.717, 1.165) is 18.9 Å². The Labute approximate surface area is 87.0 Å². The Morgan fingerprint density at radius 1 is 1.46 bits per heavy atom. The van der Waals surface area contributed by atoms with Gasteiger partial charge in [0.15, 0.2) is 0 Å². The molecule has 3 heteroatoms. The van der Waals surface area contributed by atoms with Crippen LogP contribution in [0.3, 0.4) is 0 Å². The number of nitrogens with zero attached hydrogens (tertiary/aromatic N) is 1. The van der Waals surface area contributed by atoms with Crippen LogP contribution in [-0.2, 0) is 4.74 Å². The van der Waals surface area contributed by atoms with Crippen molar-refractivity contribution in [1.82, 2.24) is 4.90 Å². The Balaban J connectivity index is 2.15. The molecule has 2 nitrogen and oxygen atoms in total. The number of rotatable bonds is 4. The zero-order chi connectivity index (χ0) is 9.52. The third-order valence-electron chi connectivity index (χ3n) is 2.42. The molecule has 0 amide bonds. The summed E-state index contributed by atoms with van der Waals surface area (Å²) in [4.78, 5) is 2.51. The molecule has 0 saturated carbocycles. The van der Waals surface area contributed by atoms with Crippen molar-refractivity contribution in [3.63, 3.8) is 0 Å². The quantitative estimate of drug-likeness (QED) is 0.552. The molecule has 0 radical (unpaired) electrons. The maximum Gasteiger partial charge on any atom is 0.0673 e. The molecule has 1 unspecified atom stereocenters. The van der Waals surface area contributed by atoms with Gasteiger partial charge in [-0.15, -0.1) is 0 Å². The summed E-state index contributed by atoms with van der Waals surface area (Å²) < 4.78 is 5.58. The minimum atomic E-state index is 0.415. The van der Waals surface area contributed by atoms with Gasteiger partial charge in [-0.1, -0.05) is 0 Å². The summed E-state index contributed by atoms with van der Waals surface area (Å²) in [6.07, 6.45) is 4.11. The van der Waals surface area contributed by atoms with Gasteiger partial charge in [0.2, 0.25) is 0 Å². The van der Waals surface area contributed by atoms with E-state index in [1.54, 1.807) is 0 Å². The van der Waals surface area contributed by atoms with E-state index in [2.05, 4.69) is 24.5 Å². The van der Waals surface area contributed by atoms with Crippen molar-refractivity contribution in [2.45, 2.75) is 32.3 Å². The number of hydrogen-bond donors (Lipinski definition) is 1. The average molecular weight is 203 g/mol. The molecule has 1 fully saturated rings. The Kier molecular flexibility index (Phi) is 5.83. The Hall–Kier alpha value is 0.270. The predicted octanol–water partition coefficient (Wildman–Crippen LogP) is 1.81. The average Bonchev–Trinajstić information content (AvgIpc) is 2.31. The van der Waals surface area contributed by atoms with Gasteiger partial charge in [-0.3, -0.25) is 0 Å². The van der Waals surface area contributed by atoms with Gasteiger partial charge in [0.1, 0.15) is 0 Å². The standard InChI is InChI=1S/C10H21NOS/c1-10-9-11(5-2-3-8-13)6-4-7-12-10/h10,13H,2-9H2,1H3. The van der Waals surface area contributed by atoms with E-state index in [1.165, 1.54) is 32.4 Å². The first-order valence-corrected chi connectivity index (χ1v) is 5.91. The van der Waals surface area contributed by atoms with Crippen molar-refractivity contribution in [2.75, 3.05) is 32.0 Å². The van der Waals surface area contributed by atoms with Gasteiger partial charge < -0.3 is 9.64 Å². The van der Waals surface area contributed by atoms with Crippen LogP contribution in [0.1, 0.15) is 26.2 Å². The minimum Gasteiger partial charge on any atom is -0.377 e. The maximum atomic E-state index is 5.58. The SMILES string of the molecule is CC1CN(CCCCS)CCCO1. The summed E-state index contributed by atoms with van der Waals surface area (Å²) in [7, 11) is 0. The summed E-state index contributed by atoms with van der Waals surface area (Å²) in [5, 5.41) is 0. The third-order valence-corrected chi connectivity index (χ3v) is 2.74. The predicted molar refractivity (Wildman–Crippen MR) is 59.6 cm³/mol. The van der Waals surface area contributed by atoms with Crippen LogP contribution in [0.2, 0.25) is 0 Å². The van der Waals surface area contributed by atoms with Crippen LogP contribution in [0.25, 0.3) is 0 Å². The molecule has 0 aliphatic carbocycles. The summed E-state index contributed by atoms with van der Waals surface area (Å²) in [6, 6.07) is 0. The zero-order valence-corrected chi connectivity index (χ0v) is 9.43. The second-order valence-electron chi connectivity index (χ2n) is 3.77. The lowest BCUT2D eigenvalue weighted by atomic mass is 10.3. The zero-order valence-electron chi connectivity index (χ0n) is 8.54. The number of ether oxygens (including phenoxy) is 1. The monoisotopic (exact) mass is 203 g/mol. The fourth-order valence-electron chi connectivity index (χ4n) is 1.73. The van der Waals surface area contributed by atoms with Crippen molar-refractivity contribution in [1.29, 1.82) is 0 Å². The van der Waals surface area contributed by atoms with Crippen LogP contribution >= 0.6 is 12.6 Å². The van der Waals surface area contributed by atoms with E-state index in [-0.39, 0.29) is 0 Å². The van der Waals surface area contributed by atoms with Crippen LogP contribution in [0.15, 0.2) is 0 Å². The molecular weight excluding hydrogens is 182 g/mol. The third kappa shape index (κ3) is 4.89. The Bertz CT molecular complexity index is 132. The maximum absolute atomic E-state index is 5.58. The molecule has 13 heavy (non-hydrogen) atoms. The highest BCUT2D eigenvalue weighted by atomic mass is 32.1. The molecule has 1 aliphatic rings. The topological polar surface area (TPSA) is 12.5 Å². The van der Waals surface area contributed by atoms with Crippen LogP contribution in [0.5, 0.6) is 0 Å². The van der Waals surface area contributed by atoms with E-state index in [4.69, 9.17) is 4.74 Å². The van der Waals surface area contributed by atoms with Crippen molar-refractivity contribution >= 4 is 12.6 Å². The number of thiol groups is 1. The molecule has 0 aromatic carbocycles. The highest BCUT2D eigenvalue weighted by molar-refractivity contribution is 7.80. The first-order chi connectivity index (χ1) is 6.33. The molecule has 1 saturated heterocycles. The van der Waals surface area contributed by atoms with Crippen LogP contribution in [-0.4, -0.2) is 43.0 Å². The van der Waals surface area contributed by atoms with E-state index in [9.17, 15) is 0 Å². The van der Waals surface area contributed by atoms with Gasteiger partial charge in [0.25, 0.3) is 0 Å². The molecule has 1 heterocycles. The molecule has 0 bridgehead atoms.